The van der Waals surface area contributed by atoms with Crippen LogP contribution in [-0.2, 0) is 0 Å². The quantitative estimate of drug-likeness (QED) is 0.420. The van der Waals surface area contributed by atoms with E-state index in [0.29, 0.717) is 34.9 Å². The molecule has 2 aromatic carbocycles. The molecule has 0 radical (unpaired) electrons. The maximum Gasteiger partial charge on any atom is 0.258 e. The van der Waals surface area contributed by atoms with Crippen molar-refractivity contribution in [1.29, 1.82) is 0 Å². The maximum atomic E-state index is 5.82. The second-order valence-corrected chi connectivity index (χ2v) is 8.77. The van der Waals surface area contributed by atoms with Gasteiger partial charge in [-0.2, -0.15) is 4.98 Å². The van der Waals surface area contributed by atoms with Crippen molar-refractivity contribution in [2.75, 3.05) is 19.9 Å². The van der Waals surface area contributed by atoms with Crippen molar-refractivity contribution in [3.8, 4) is 28.6 Å². The zero-order chi connectivity index (χ0) is 24.4. The Kier molecular flexibility index (Phi) is 6.59. The molecular formula is C26H28N4O4S. The molecule has 0 aliphatic carbocycles. The van der Waals surface area contributed by atoms with Gasteiger partial charge in [0.05, 0.1) is 18.2 Å². The molecule has 0 spiro atoms. The van der Waals surface area contributed by atoms with Gasteiger partial charge in [-0.05, 0) is 68.4 Å². The molecule has 35 heavy (non-hydrogen) atoms. The van der Waals surface area contributed by atoms with Crippen LogP contribution in [0.15, 0.2) is 52.7 Å². The van der Waals surface area contributed by atoms with E-state index in [2.05, 4.69) is 29.2 Å². The Morgan fingerprint density at radius 2 is 1.91 bits per heavy atom. The van der Waals surface area contributed by atoms with E-state index in [0.717, 1.165) is 47.5 Å². The van der Waals surface area contributed by atoms with Crippen molar-refractivity contribution in [2.24, 2.45) is 0 Å². The lowest BCUT2D eigenvalue weighted by Gasteiger charge is -2.37. The normalized spacial score (nSPS) is 17.1. The second kappa shape index (κ2) is 9.95. The summed E-state index contributed by atoms with van der Waals surface area (Å²) < 4.78 is 22.4. The van der Waals surface area contributed by atoms with Crippen molar-refractivity contribution in [3.05, 3.63) is 59.6 Å². The van der Waals surface area contributed by atoms with E-state index in [9.17, 15) is 0 Å². The van der Waals surface area contributed by atoms with Crippen LogP contribution in [0.5, 0.6) is 17.2 Å². The van der Waals surface area contributed by atoms with E-state index in [-0.39, 0.29) is 12.8 Å². The summed E-state index contributed by atoms with van der Waals surface area (Å²) >= 11 is 5.76. The molecule has 0 saturated heterocycles. The highest BCUT2D eigenvalue weighted by Gasteiger charge is 2.34. The summed E-state index contributed by atoms with van der Waals surface area (Å²) in [6.07, 6.45) is 2.09. The van der Waals surface area contributed by atoms with E-state index < -0.39 is 0 Å². The molecule has 1 aromatic heterocycles. The van der Waals surface area contributed by atoms with Crippen molar-refractivity contribution >= 4 is 22.9 Å². The SMILES string of the molecule is CCCCN1C(=S)NC(c2ccc(OCC)cc2)C(c2nc(-c3ccc4c(c3)OCO4)no2)=C1C. The number of benzene rings is 2. The van der Waals surface area contributed by atoms with Crippen LogP contribution in [0.1, 0.15) is 51.1 Å². The van der Waals surface area contributed by atoms with E-state index >= 15 is 0 Å². The Bertz CT molecular complexity index is 1250. The lowest BCUT2D eigenvalue weighted by Crippen LogP contribution is -2.46. The summed E-state index contributed by atoms with van der Waals surface area (Å²) in [5, 5.41) is 8.47. The fraction of sp³-hybridized carbons (Fsp3) is 0.346. The maximum absolute atomic E-state index is 5.82. The Morgan fingerprint density at radius 1 is 1.11 bits per heavy atom. The molecule has 3 heterocycles. The first-order valence-corrected chi connectivity index (χ1v) is 12.3. The number of ether oxygens (including phenoxy) is 3. The topological polar surface area (TPSA) is 81.9 Å². The predicted octanol–water partition coefficient (Wildman–Crippen LogP) is 5.33. The van der Waals surface area contributed by atoms with Crippen LogP contribution in [0, 0.1) is 0 Å². The van der Waals surface area contributed by atoms with E-state index in [1.54, 1.807) is 0 Å². The molecule has 2 aliphatic rings. The van der Waals surface area contributed by atoms with Crippen LogP contribution in [0.25, 0.3) is 17.0 Å². The third-order valence-corrected chi connectivity index (χ3v) is 6.48. The fourth-order valence-corrected chi connectivity index (χ4v) is 4.65. The van der Waals surface area contributed by atoms with Gasteiger partial charge in [-0.3, -0.25) is 0 Å². The molecular weight excluding hydrogens is 464 g/mol. The lowest BCUT2D eigenvalue weighted by molar-refractivity contribution is 0.174. The number of thiocarbonyl (C=S) groups is 1. The van der Waals surface area contributed by atoms with Gasteiger partial charge in [0.1, 0.15) is 5.75 Å². The van der Waals surface area contributed by atoms with Crippen LogP contribution in [0.3, 0.4) is 0 Å². The molecule has 5 rings (SSSR count). The number of nitrogens with one attached hydrogen (secondary N) is 1. The average molecular weight is 493 g/mol. The van der Waals surface area contributed by atoms with Gasteiger partial charge in [0.25, 0.3) is 5.89 Å². The molecule has 0 amide bonds. The van der Waals surface area contributed by atoms with Gasteiger partial charge in [0, 0.05) is 17.8 Å². The molecule has 0 bridgehead atoms. The molecule has 8 nitrogen and oxygen atoms in total. The number of nitrogens with zero attached hydrogens (tertiary/aromatic N) is 3. The number of allylic oxidation sites excluding steroid dienone is 1. The van der Waals surface area contributed by atoms with Crippen LogP contribution in [-0.4, -0.2) is 40.1 Å². The number of aromatic nitrogens is 2. The highest BCUT2D eigenvalue weighted by Crippen LogP contribution is 2.39. The molecule has 2 aliphatic heterocycles. The molecule has 0 fully saturated rings. The highest BCUT2D eigenvalue weighted by molar-refractivity contribution is 7.80. The smallest absolute Gasteiger partial charge is 0.258 e. The minimum atomic E-state index is -0.235. The molecule has 182 valence electrons. The van der Waals surface area contributed by atoms with Crippen LogP contribution in [0.2, 0.25) is 0 Å². The van der Waals surface area contributed by atoms with E-state index in [1.807, 2.05) is 49.4 Å². The van der Waals surface area contributed by atoms with Gasteiger partial charge in [0.15, 0.2) is 16.6 Å². The van der Waals surface area contributed by atoms with Gasteiger partial charge in [-0.1, -0.05) is 30.6 Å². The van der Waals surface area contributed by atoms with E-state index in [1.165, 1.54) is 0 Å². The van der Waals surface area contributed by atoms with Crippen LogP contribution < -0.4 is 19.5 Å². The first kappa shape index (κ1) is 23.2. The monoisotopic (exact) mass is 492 g/mol. The van der Waals surface area contributed by atoms with Crippen molar-refractivity contribution in [1.82, 2.24) is 20.4 Å². The van der Waals surface area contributed by atoms with E-state index in [4.69, 9.17) is 35.9 Å². The minimum absolute atomic E-state index is 0.214. The molecule has 1 unspecified atom stereocenters. The van der Waals surface area contributed by atoms with Gasteiger partial charge >= 0.3 is 0 Å². The first-order valence-electron chi connectivity index (χ1n) is 11.8. The zero-order valence-corrected chi connectivity index (χ0v) is 20.9. The predicted molar refractivity (Wildman–Crippen MR) is 136 cm³/mol. The van der Waals surface area contributed by atoms with Crippen molar-refractivity contribution < 1.29 is 18.7 Å². The molecule has 9 heteroatoms. The fourth-order valence-electron chi connectivity index (χ4n) is 4.30. The summed E-state index contributed by atoms with van der Waals surface area (Å²) in [7, 11) is 0. The summed E-state index contributed by atoms with van der Waals surface area (Å²) in [5.41, 5.74) is 3.73. The van der Waals surface area contributed by atoms with Gasteiger partial charge < -0.3 is 29.0 Å². The molecule has 0 saturated carbocycles. The van der Waals surface area contributed by atoms with Crippen molar-refractivity contribution in [3.63, 3.8) is 0 Å². The molecule has 1 atom stereocenters. The molecule has 3 aromatic rings. The standard InChI is InChI=1S/C26H28N4O4S/c1-4-6-13-30-16(3)22(23(27-26(30)35)17-7-10-19(11-8-17)31-5-2)25-28-24(29-34-25)18-9-12-20-21(14-18)33-15-32-20/h7-12,14,23H,4-6,13,15H2,1-3H3,(H,27,35). The summed E-state index contributed by atoms with van der Waals surface area (Å²) in [5.74, 6) is 3.14. The van der Waals surface area contributed by atoms with Gasteiger partial charge in [0.2, 0.25) is 12.6 Å². The van der Waals surface area contributed by atoms with Gasteiger partial charge in [-0.25, -0.2) is 0 Å². The highest BCUT2D eigenvalue weighted by atomic mass is 32.1. The average Bonchev–Trinajstić information content (AvgIpc) is 3.54. The number of hydrogen-bond acceptors (Lipinski definition) is 7. The summed E-state index contributed by atoms with van der Waals surface area (Å²) in [4.78, 5) is 6.89. The number of rotatable bonds is 8. The largest absolute Gasteiger partial charge is 0.494 e. The third-order valence-electron chi connectivity index (χ3n) is 6.14. The number of fused-ring (bicyclic) bond motifs is 1. The Balaban J connectivity index is 1.54. The first-order chi connectivity index (χ1) is 17.1. The number of unbranched alkanes of at least 4 members (excludes halogenated alkanes) is 1. The van der Waals surface area contributed by atoms with Crippen molar-refractivity contribution in [2.45, 2.75) is 39.7 Å². The minimum Gasteiger partial charge on any atom is -0.494 e. The van der Waals surface area contributed by atoms with Crippen LogP contribution >= 0.6 is 12.2 Å². The third kappa shape index (κ3) is 4.55. The number of hydrogen-bond donors (Lipinski definition) is 1. The summed E-state index contributed by atoms with van der Waals surface area (Å²) in [6.45, 7) is 7.84. The Hall–Kier alpha value is -3.59. The summed E-state index contributed by atoms with van der Waals surface area (Å²) in [6, 6.07) is 13.4. The Labute approximate surface area is 209 Å². The Morgan fingerprint density at radius 3 is 2.69 bits per heavy atom. The second-order valence-electron chi connectivity index (χ2n) is 8.38. The van der Waals surface area contributed by atoms with Crippen LogP contribution in [0.4, 0.5) is 0 Å². The van der Waals surface area contributed by atoms with Gasteiger partial charge in [-0.15, -0.1) is 0 Å². The molecule has 1 N–H and O–H groups in total. The lowest BCUT2D eigenvalue weighted by atomic mass is 9.94. The zero-order valence-electron chi connectivity index (χ0n) is 20.0.